The molecule has 0 amide bonds. The van der Waals surface area contributed by atoms with Gasteiger partial charge in [-0.05, 0) is 30.7 Å². The van der Waals surface area contributed by atoms with E-state index in [-0.39, 0.29) is 12.8 Å². The van der Waals surface area contributed by atoms with Gasteiger partial charge in [-0.1, -0.05) is 15.9 Å². The third-order valence-electron chi connectivity index (χ3n) is 3.00. The van der Waals surface area contributed by atoms with Crippen LogP contribution in [0.15, 0.2) is 22.7 Å². The van der Waals surface area contributed by atoms with Gasteiger partial charge in [0.15, 0.2) is 0 Å². The topological polar surface area (TPSA) is 3.24 Å². The molecular weight excluding hydrogens is 276 g/mol. The Hall–Kier alpha value is -0.640. The molecule has 1 aromatic carbocycles. The maximum Gasteiger partial charge on any atom is 0.251 e. The lowest BCUT2D eigenvalue weighted by molar-refractivity contribution is -0.0220. The van der Waals surface area contributed by atoms with Crippen LogP contribution in [0.25, 0.3) is 0 Å². The average Bonchev–Trinajstić information content (AvgIpc) is 2.22. The molecule has 0 unspecified atom stereocenters. The van der Waals surface area contributed by atoms with E-state index in [1.165, 1.54) is 0 Å². The van der Waals surface area contributed by atoms with Crippen LogP contribution in [0.3, 0.4) is 0 Å². The van der Waals surface area contributed by atoms with Crippen LogP contribution in [0.2, 0.25) is 0 Å². The van der Waals surface area contributed by atoms with E-state index in [0.717, 1.165) is 15.7 Å². The summed E-state index contributed by atoms with van der Waals surface area (Å²) in [7, 11) is 0. The average molecular weight is 290 g/mol. The minimum Gasteiger partial charge on any atom is -0.371 e. The molecule has 1 heterocycles. The normalized spacial score (nSPS) is 19.9. The fraction of sp³-hybridized carbons (Fsp3) is 0.500. The number of halogens is 3. The van der Waals surface area contributed by atoms with Crippen molar-refractivity contribution in [1.82, 2.24) is 0 Å². The van der Waals surface area contributed by atoms with Crippen molar-refractivity contribution >= 4 is 21.6 Å². The monoisotopic (exact) mass is 289 g/mol. The summed E-state index contributed by atoms with van der Waals surface area (Å²) in [6, 6.07) is 5.98. The lowest BCUT2D eigenvalue weighted by Gasteiger charge is -2.33. The lowest BCUT2D eigenvalue weighted by atomic mass is 10.1. The van der Waals surface area contributed by atoms with Gasteiger partial charge in [-0.15, -0.1) is 0 Å². The molecule has 0 N–H and O–H groups in total. The van der Waals surface area contributed by atoms with E-state index in [9.17, 15) is 8.78 Å². The van der Waals surface area contributed by atoms with Crippen molar-refractivity contribution < 1.29 is 8.78 Å². The van der Waals surface area contributed by atoms with E-state index in [1.807, 2.05) is 30.0 Å². The number of piperidine rings is 1. The molecule has 4 heteroatoms. The molecule has 1 nitrogen and oxygen atoms in total. The summed E-state index contributed by atoms with van der Waals surface area (Å²) in [5.41, 5.74) is 2.17. The standard InChI is InChI=1S/C12H14BrF2N/c1-9-8-10(2-3-11(9)13)16-6-4-12(14,15)5-7-16/h2-3,8H,4-7H2,1H3. The van der Waals surface area contributed by atoms with Crippen LogP contribution in [0.1, 0.15) is 18.4 Å². The Balaban J connectivity index is 2.11. The molecular formula is C12H14BrF2N. The van der Waals surface area contributed by atoms with Crippen LogP contribution in [0.5, 0.6) is 0 Å². The van der Waals surface area contributed by atoms with Crippen LogP contribution in [-0.4, -0.2) is 19.0 Å². The second-order valence-electron chi connectivity index (χ2n) is 4.28. The lowest BCUT2D eigenvalue weighted by Crippen LogP contribution is -2.39. The first-order chi connectivity index (χ1) is 7.48. The Labute approximate surface area is 103 Å². The zero-order valence-corrected chi connectivity index (χ0v) is 10.7. The number of anilines is 1. The molecule has 1 aromatic rings. The number of nitrogens with zero attached hydrogens (tertiary/aromatic N) is 1. The van der Waals surface area contributed by atoms with E-state index in [2.05, 4.69) is 15.9 Å². The molecule has 0 aliphatic carbocycles. The van der Waals surface area contributed by atoms with E-state index >= 15 is 0 Å². The Bertz CT molecular complexity index is 383. The van der Waals surface area contributed by atoms with Crippen LogP contribution >= 0.6 is 15.9 Å². The first-order valence-corrected chi connectivity index (χ1v) is 6.16. The van der Waals surface area contributed by atoms with Gasteiger partial charge in [0.05, 0.1) is 0 Å². The zero-order chi connectivity index (χ0) is 11.8. The van der Waals surface area contributed by atoms with Gasteiger partial charge in [0, 0.05) is 36.1 Å². The van der Waals surface area contributed by atoms with Crippen molar-refractivity contribution in [3.8, 4) is 0 Å². The van der Waals surface area contributed by atoms with Crippen LogP contribution < -0.4 is 4.90 Å². The minimum absolute atomic E-state index is 0.0396. The van der Waals surface area contributed by atoms with Crippen molar-refractivity contribution in [3.05, 3.63) is 28.2 Å². The number of benzene rings is 1. The SMILES string of the molecule is Cc1cc(N2CCC(F)(F)CC2)ccc1Br. The third-order valence-corrected chi connectivity index (χ3v) is 3.89. The van der Waals surface area contributed by atoms with Gasteiger partial charge in [-0.2, -0.15) is 0 Å². The first kappa shape index (κ1) is 11.8. The van der Waals surface area contributed by atoms with Crippen molar-refractivity contribution in [2.75, 3.05) is 18.0 Å². The van der Waals surface area contributed by atoms with E-state index in [4.69, 9.17) is 0 Å². The van der Waals surface area contributed by atoms with Gasteiger partial charge in [0.25, 0.3) is 5.92 Å². The molecule has 0 radical (unpaired) electrons. The molecule has 0 atom stereocenters. The van der Waals surface area contributed by atoms with E-state index in [1.54, 1.807) is 0 Å². The molecule has 1 fully saturated rings. The van der Waals surface area contributed by atoms with Crippen molar-refractivity contribution in [2.24, 2.45) is 0 Å². The summed E-state index contributed by atoms with van der Waals surface area (Å²) in [6.45, 7) is 2.88. The predicted molar refractivity (Wildman–Crippen MR) is 65.3 cm³/mol. The van der Waals surface area contributed by atoms with Crippen molar-refractivity contribution in [1.29, 1.82) is 0 Å². The highest BCUT2D eigenvalue weighted by Gasteiger charge is 2.33. The van der Waals surface area contributed by atoms with Crippen molar-refractivity contribution in [2.45, 2.75) is 25.7 Å². The fourth-order valence-corrected chi connectivity index (χ4v) is 2.16. The van der Waals surface area contributed by atoms with Gasteiger partial charge in [0.1, 0.15) is 0 Å². The summed E-state index contributed by atoms with van der Waals surface area (Å²) in [5.74, 6) is -2.47. The highest BCUT2D eigenvalue weighted by atomic mass is 79.9. The summed E-state index contributed by atoms with van der Waals surface area (Å²) in [4.78, 5) is 2.02. The zero-order valence-electron chi connectivity index (χ0n) is 9.14. The van der Waals surface area contributed by atoms with E-state index < -0.39 is 5.92 Å². The number of hydrogen-bond acceptors (Lipinski definition) is 1. The van der Waals surface area contributed by atoms with Crippen molar-refractivity contribution in [3.63, 3.8) is 0 Å². The number of rotatable bonds is 1. The molecule has 88 valence electrons. The molecule has 0 saturated carbocycles. The second kappa shape index (κ2) is 4.32. The molecule has 2 rings (SSSR count). The van der Waals surface area contributed by atoms with Gasteiger partial charge < -0.3 is 4.90 Å². The number of hydrogen-bond donors (Lipinski definition) is 0. The van der Waals surface area contributed by atoms with Crippen LogP contribution in [-0.2, 0) is 0 Å². The van der Waals surface area contributed by atoms with Gasteiger partial charge in [0.2, 0.25) is 0 Å². The summed E-state index contributed by atoms with van der Waals surface area (Å²) in [5, 5.41) is 0. The second-order valence-corrected chi connectivity index (χ2v) is 5.13. The molecule has 1 saturated heterocycles. The molecule has 1 aliphatic rings. The highest BCUT2D eigenvalue weighted by Crippen LogP contribution is 2.31. The Morgan fingerprint density at radius 3 is 2.44 bits per heavy atom. The maximum atomic E-state index is 13.0. The summed E-state index contributed by atoms with van der Waals surface area (Å²) < 4.78 is 27.1. The summed E-state index contributed by atoms with van der Waals surface area (Å²) >= 11 is 3.43. The molecule has 0 bridgehead atoms. The Morgan fingerprint density at radius 2 is 1.88 bits per heavy atom. The van der Waals surface area contributed by atoms with Crippen LogP contribution in [0.4, 0.5) is 14.5 Å². The Morgan fingerprint density at radius 1 is 1.25 bits per heavy atom. The Kier molecular flexibility index (Phi) is 3.19. The summed E-state index contributed by atoms with van der Waals surface area (Å²) in [6.07, 6.45) is -0.0791. The van der Waals surface area contributed by atoms with Gasteiger partial charge in [-0.3, -0.25) is 0 Å². The largest absolute Gasteiger partial charge is 0.371 e. The van der Waals surface area contributed by atoms with E-state index in [0.29, 0.717) is 13.1 Å². The third kappa shape index (κ3) is 2.54. The van der Waals surface area contributed by atoms with Gasteiger partial charge >= 0.3 is 0 Å². The number of alkyl halides is 2. The minimum atomic E-state index is -2.47. The van der Waals surface area contributed by atoms with Crippen LogP contribution in [0, 0.1) is 6.92 Å². The molecule has 0 spiro atoms. The fourth-order valence-electron chi connectivity index (χ4n) is 1.92. The molecule has 0 aromatic heterocycles. The molecule has 16 heavy (non-hydrogen) atoms. The predicted octanol–water partition coefficient (Wildman–Crippen LogP) is 3.99. The smallest absolute Gasteiger partial charge is 0.251 e. The first-order valence-electron chi connectivity index (χ1n) is 5.37. The molecule has 1 aliphatic heterocycles. The van der Waals surface area contributed by atoms with Gasteiger partial charge in [-0.25, -0.2) is 8.78 Å². The maximum absolute atomic E-state index is 13.0. The number of aryl methyl sites for hydroxylation is 1. The highest BCUT2D eigenvalue weighted by molar-refractivity contribution is 9.10. The quantitative estimate of drug-likeness (QED) is 0.756.